The second-order valence-electron chi connectivity index (χ2n) is 3.83. The van der Waals surface area contributed by atoms with Crippen LogP contribution in [0.15, 0.2) is 15.7 Å². The van der Waals surface area contributed by atoms with Crippen LogP contribution in [0.25, 0.3) is 0 Å². The van der Waals surface area contributed by atoms with Gasteiger partial charge < -0.3 is 5.73 Å². The van der Waals surface area contributed by atoms with E-state index in [2.05, 4.69) is 4.72 Å². The Morgan fingerprint density at radius 2 is 2.27 bits per heavy atom. The van der Waals surface area contributed by atoms with E-state index in [-0.39, 0.29) is 0 Å². The van der Waals surface area contributed by atoms with Crippen molar-refractivity contribution in [1.29, 1.82) is 0 Å². The molecule has 0 bridgehead atoms. The van der Waals surface area contributed by atoms with E-state index >= 15 is 0 Å². The van der Waals surface area contributed by atoms with Gasteiger partial charge in [0.2, 0.25) is 10.0 Å². The Balaban J connectivity index is 1.93. The van der Waals surface area contributed by atoms with E-state index in [1.165, 1.54) is 18.9 Å². The van der Waals surface area contributed by atoms with Gasteiger partial charge in [0, 0.05) is 17.6 Å². The molecule has 6 heteroatoms. The number of hydrogen-bond acceptors (Lipinski definition) is 4. The van der Waals surface area contributed by atoms with Crippen LogP contribution in [-0.2, 0) is 10.0 Å². The van der Waals surface area contributed by atoms with Crippen LogP contribution in [0.1, 0.15) is 19.3 Å². The molecule has 0 atom stereocenters. The fourth-order valence-corrected chi connectivity index (χ4v) is 3.52. The third kappa shape index (κ3) is 2.93. The summed E-state index contributed by atoms with van der Waals surface area (Å²) in [6.07, 6.45) is 3.43. The summed E-state index contributed by atoms with van der Waals surface area (Å²) in [5, 5.41) is 1.63. The lowest BCUT2D eigenvalue weighted by Crippen LogP contribution is -2.24. The Bertz CT molecular complexity index is 435. The molecular weight excluding hydrogens is 232 g/mol. The molecule has 3 N–H and O–H groups in total. The number of nitrogens with one attached hydrogen (secondary N) is 1. The molecule has 0 unspecified atom stereocenters. The zero-order chi connectivity index (χ0) is 10.9. The normalized spacial score (nSPS) is 16.8. The van der Waals surface area contributed by atoms with Crippen molar-refractivity contribution in [2.24, 2.45) is 5.92 Å². The third-order valence-electron chi connectivity index (χ3n) is 2.40. The first-order valence-electron chi connectivity index (χ1n) is 4.91. The van der Waals surface area contributed by atoms with E-state index in [4.69, 9.17) is 5.73 Å². The molecule has 1 saturated carbocycles. The van der Waals surface area contributed by atoms with E-state index in [9.17, 15) is 8.42 Å². The van der Waals surface area contributed by atoms with Crippen molar-refractivity contribution in [3.05, 3.63) is 11.4 Å². The number of nitrogen functional groups attached to an aromatic ring is 1. The highest BCUT2D eigenvalue weighted by Crippen LogP contribution is 2.32. The van der Waals surface area contributed by atoms with Gasteiger partial charge in [0.1, 0.15) is 4.21 Å². The van der Waals surface area contributed by atoms with Crippen molar-refractivity contribution >= 4 is 27.0 Å². The Morgan fingerprint density at radius 3 is 2.80 bits per heavy atom. The largest absolute Gasteiger partial charge is 0.398 e. The molecule has 1 aliphatic carbocycles. The van der Waals surface area contributed by atoms with Crippen molar-refractivity contribution in [1.82, 2.24) is 4.72 Å². The molecule has 1 aliphatic rings. The van der Waals surface area contributed by atoms with Crippen molar-refractivity contribution in [2.45, 2.75) is 23.5 Å². The number of sulfonamides is 1. The molecule has 1 aromatic heterocycles. The summed E-state index contributed by atoms with van der Waals surface area (Å²) in [6, 6.07) is 1.49. The summed E-state index contributed by atoms with van der Waals surface area (Å²) < 4.78 is 26.3. The van der Waals surface area contributed by atoms with Gasteiger partial charge in [-0.15, -0.1) is 11.3 Å². The Morgan fingerprint density at radius 1 is 1.53 bits per heavy atom. The van der Waals surface area contributed by atoms with Crippen molar-refractivity contribution in [2.75, 3.05) is 12.3 Å². The number of hydrogen-bond donors (Lipinski definition) is 2. The molecule has 0 saturated heterocycles. The molecule has 0 radical (unpaired) electrons. The summed E-state index contributed by atoms with van der Waals surface area (Å²) in [5.74, 6) is 0.737. The zero-order valence-electron chi connectivity index (χ0n) is 8.27. The SMILES string of the molecule is Nc1csc(S(=O)(=O)NCCC2CC2)c1. The maximum Gasteiger partial charge on any atom is 0.250 e. The highest BCUT2D eigenvalue weighted by molar-refractivity contribution is 7.91. The molecule has 4 nitrogen and oxygen atoms in total. The molecule has 84 valence electrons. The fourth-order valence-electron chi connectivity index (χ4n) is 1.35. The predicted molar refractivity (Wildman–Crippen MR) is 61.3 cm³/mol. The number of anilines is 1. The van der Waals surface area contributed by atoms with E-state index in [0.29, 0.717) is 16.4 Å². The smallest absolute Gasteiger partial charge is 0.250 e. The fraction of sp³-hybridized carbons (Fsp3) is 0.556. The van der Waals surface area contributed by atoms with Gasteiger partial charge in [0.25, 0.3) is 0 Å². The highest BCUT2D eigenvalue weighted by atomic mass is 32.2. The van der Waals surface area contributed by atoms with Gasteiger partial charge in [0.05, 0.1) is 0 Å². The quantitative estimate of drug-likeness (QED) is 0.825. The molecular formula is C9H14N2O2S2. The van der Waals surface area contributed by atoms with Gasteiger partial charge in [-0.1, -0.05) is 12.8 Å². The second-order valence-corrected chi connectivity index (χ2v) is 6.73. The zero-order valence-corrected chi connectivity index (χ0v) is 9.90. The van der Waals surface area contributed by atoms with Crippen molar-refractivity contribution < 1.29 is 8.42 Å². The summed E-state index contributed by atoms with van der Waals surface area (Å²) in [5.41, 5.74) is 5.98. The molecule has 1 aromatic rings. The lowest BCUT2D eigenvalue weighted by Gasteiger charge is -2.03. The predicted octanol–water partition coefficient (Wildman–Crippen LogP) is 1.41. The maximum absolute atomic E-state index is 11.7. The van der Waals surface area contributed by atoms with Gasteiger partial charge in [-0.05, 0) is 18.4 Å². The minimum Gasteiger partial charge on any atom is -0.398 e. The molecule has 0 aromatic carbocycles. The molecule has 15 heavy (non-hydrogen) atoms. The van der Waals surface area contributed by atoms with Crippen molar-refractivity contribution in [3.8, 4) is 0 Å². The number of nitrogens with two attached hydrogens (primary N) is 1. The topological polar surface area (TPSA) is 72.2 Å². The molecule has 2 rings (SSSR count). The average molecular weight is 246 g/mol. The average Bonchev–Trinajstić information content (AvgIpc) is 2.86. The van der Waals surface area contributed by atoms with Gasteiger partial charge in [-0.2, -0.15) is 0 Å². The minimum atomic E-state index is -3.32. The van der Waals surface area contributed by atoms with E-state index < -0.39 is 10.0 Å². The van der Waals surface area contributed by atoms with Crippen LogP contribution >= 0.6 is 11.3 Å². The van der Waals surface area contributed by atoms with Gasteiger partial charge in [-0.3, -0.25) is 0 Å². The summed E-state index contributed by atoms with van der Waals surface area (Å²) in [7, 11) is -3.32. The van der Waals surface area contributed by atoms with E-state index in [1.807, 2.05) is 0 Å². The summed E-state index contributed by atoms with van der Waals surface area (Å²) in [6.45, 7) is 0.533. The first-order valence-corrected chi connectivity index (χ1v) is 7.28. The van der Waals surface area contributed by atoms with Crippen LogP contribution < -0.4 is 10.5 Å². The number of rotatable bonds is 5. The second kappa shape index (κ2) is 4.11. The van der Waals surface area contributed by atoms with Gasteiger partial charge in [-0.25, -0.2) is 13.1 Å². The number of thiophene rings is 1. The van der Waals surface area contributed by atoms with Gasteiger partial charge >= 0.3 is 0 Å². The third-order valence-corrected chi connectivity index (χ3v) is 5.32. The summed E-state index contributed by atoms with van der Waals surface area (Å²) in [4.78, 5) is 0. The molecule has 1 heterocycles. The lowest BCUT2D eigenvalue weighted by molar-refractivity contribution is 0.577. The van der Waals surface area contributed by atoms with Crippen molar-refractivity contribution in [3.63, 3.8) is 0 Å². The minimum absolute atomic E-state index is 0.302. The molecule has 0 spiro atoms. The first kappa shape index (κ1) is 10.9. The monoisotopic (exact) mass is 246 g/mol. The molecule has 0 aliphatic heterocycles. The van der Waals surface area contributed by atoms with Crippen LogP contribution in [0.4, 0.5) is 5.69 Å². The Kier molecular flexibility index (Phi) is 2.99. The van der Waals surface area contributed by atoms with Gasteiger partial charge in [0.15, 0.2) is 0 Å². The van der Waals surface area contributed by atoms with E-state index in [0.717, 1.165) is 23.7 Å². The highest BCUT2D eigenvalue weighted by Gasteiger charge is 2.22. The van der Waals surface area contributed by atoms with E-state index in [1.54, 1.807) is 5.38 Å². The van der Waals surface area contributed by atoms with Crippen LogP contribution in [0, 0.1) is 5.92 Å². The standard InChI is InChI=1S/C9H14N2O2S2/c10-8-5-9(14-6-8)15(12,13)11-4-3-7-1-2-7/h5-7,11H,1-4,10H2. The molecule has 1 fully saturated rings. The maximum atomic E-state index is 11.7. The van der Waals surface area contributed by atoms with Crippen LogP contribution in [0.3, 0.4) is 0 Å². The Labute approximate surface area is 93.5 Å². The summed E-state index contributed by atoms with van der Waals surface area (Å²) >= 11 is 1.16. The lowest BCUT2D eigenvalue weighted by atomic mass is 10.3. The molecule has 0 amide bonds. The van der Waals surface area contributed by atoms with Crippen LogP contribution in [0.2, 0.25) is 0 Å². The van der Waals surface area contributed by atoms with Crippen LogP contribution in [0.5, 0.6) is 0 Å². The van der Waals surface area contributed by atoms with Crippen LogP contribution in [-0.4, -0.2) is 15.0 Å². The first-order chi connectivity index (χ1) is 7.08. The Hall–Kier alpha value is -0.590.